The van der Waals surface area contributed by atoms with Gasteiger partial charge in [-0.15, -0.1) is 0 Å². The van der Waals surface area contributed by atoms with Crippen molar-refractivity contribution in [3.63, 3.8) is 0 Å². The van der Waals surface area contributed by atoms with E-state index in [-0.39, 0.29) is 5.92 Å². The summed E-state index contributed by atoms with van der Waals surface area (Å²) in [7, 11) is 0. The summed E-state index contributed by atoms with van der Waals surface area (Å²) < 4.78 is 6.19. The number of anilines is 1. The van der Waals surface area contributed by atoms with E-state index in [1.807, 2.05) is 30.3 Å². The van der Waals surface area contributed by atoms with E-state index in [1.165, 1.54) is 6.33 Å². The van der Waals surface area contributed by atoms with Crippen LogP contribution in [0.1, 0.15) is 22.6 Å². The van der Waals surface area contributed by atoms with Crippen LogP contribution in [-0.4, -0.2) is 9.97 Å². The van der Waals surface area contributed by atoms with Crippen LogP contribution in [0.5, 0.6) is 11.6 Å². The maximum Gasteiger partial charge on any atom is 0.228 e. The van der Waals surface area contributed by atoms with Crippen LogP contribution in [0.3, 0.4) is 0 Å². The molecule has 25 heavy (non-hydrogen) atoms. The van der Waals surface area contributed by atoms with Crippen molar-refractivity contribution < 1.29 is 4.74 Å². The van der Waals surface area contributed by atoms with Crippen LogP contribution in [-0.2, 0) is 0 Å². The minimum Gasteiger partial charge on any atom is -0.438 e. The predicted molar refractivity (Wildman–Crippen MR) is 97.9 cm³/mol. The average Bonchev–Trinajstić information content (AvgIpc) is 2.67. The Morgan fingerprint density at radius 1 is 0.840 bits per heavy atom. The van der Waals surface area contributed by atoms with E-state index in [4.69, 9.17) is 10.5 Å². The van der Waals surface area contributed by atoms with Crippen molar-refractivity contribution >= 4 is 16.6 Å². The number of ether oxygens (including phenoxy) is 1. The van der Waals surface area contributed by atoms with E-state index >= 15 is 0 Å². The topological polar surface area (TPSA) is 61.0 Å². The Balaban J connectivity index is 1.86. The van der Waals surface area contributed by atoms with Gasteiger partial charge >= 0.3 is 0 Å². The number of hydrogen-bond donors (Lipinski definition) is 1. The van der Waals surface area contributed by atoms with Crippen molar-refractivity contribution in [1.82, 2.24) is 9.97 Å². The Morgan fingerprint density at radius 3 is 2.52 bits per heavy atom. The first-order valence-corrected chi connectivity index (χ1v) is 8.18. The molecular formula is C21H15N3O. The van der Waals surface area contributed by atoms with Gasteiger partial charge < -0.3 is 10.5 Å². The first-order valence-electron chi connectivity index (χ1n) is 8.18. The SMILES string of the molecule is Nc1ncnc2c1C(c1ccccc1)c1ccc3ccccc3c1O2. The van der Waals surface area contributed by atoms with Crippen LogP contribution in [0.15, 0.2) is 73.1 Å². The third kappa shape index (κ3) is 2.08. The van der Waals surface area contributed by atoms with E-state index in [9.17, 15) is 0 Å². The number of hydrogen-bond acceptors (Lipinski definition) is 4. The van der Waals surface area contributed by atoms with Gasteiger partial charge in [0, 0.05) is 16.9 Å². The molecule has 3 aromatic carbocycles. The van der Waals surface area contributed by atoms with Gasteiger partial charge in [-0.1, -0.05) is 66.7 Å². The van der Waals surface area contributed by atoms with Gasteiger partial charge in [0.05, 0.1) is 5.56 Å². The second-order valence-electron chi connectivity index (χ2n) is 6.13. The van der Waals surface area contributed by atoms with Crippen LogP contribution in [0, 0.1) is 0 Å². The highest BCUT2D eigenvalue weighted by molar-refractivity contribution is 5.91. The summed E-state index contributed by atoms with van der Waals surface area (Å²) in [6.45, 7) is 0. The second-order valence-corrected chi connectivity index (χ2v) is 6.13. The summed E-state index contributed by atoms with van der Waals surface area (Å²) in [4.78, 5) is 8.54. The summed E-state index contributed by atoms with van der Waals surface area (Å²) in [6, 6.07) is 22.7. The average molecular weight is 325 g/mol. The molecule has 2 N–H and O–H groups in total. The molecule has 1 atom stereocenters. The van der Waals surface area contributed by atoms with Gasteiger partial charge in [-0.05, 0) is 10.9 Å². The van der Waals surface area contributed by atoms with Gasteiger partial charge in [-0.2, -0.15) is 0 Å². The van der Waals surface area contributed by atoms with Crippen molar-refractivity contribution in [3.8, 4) is 11.6 Å². The molecule has 1 aromatic heterocycles. The van der Waals surface area contributed by atoms with Gasteiger partial charge in [0.1, 0.15) is 17.9 Å². The van der Waals surface area contributed by atoms with Gasteiger partial charge in [0.2, 0.25) is 5.88 Å². The number of fused-ring (bicyclic) bond motifs is 4. The fourth-order valence-electron chi connectivity index (χ4n) is 3.59. The normalized spacial score (nSPS) is 15.3. The summed E-state index contributed by atoms with van der Waals surface area (Å²) >= 11 is 0. The number of nitrogens with two attached hydrogens (primary N) is 1. The molecule has 0 spiro atoms. The summed E-state index contributed by atoms with van der Waals surface area (Å²) in [5.41, 5.74) is 9.26. The molecular weight excluding hydrogens is 310 g/mol. The summed E-state index contributed by atoms with van der Waals surface area (Å²) in [6.07, 6.45) is 1.45. The lowest BCUT2D eigenvalue weighted by Gasteiger charge is -2.29. The van der Waals surface area contributed by atoms with Gasteiger partial charge in [-0.3, -0.25) is 0 Å². The largest absolute Gasteiger partial charge is 0.438 e. The highest BCUT2D eigenvalue weighted by Crippen LogP contribution is 2.50. The van der Waals surface area contributed by atoms with Crippen LogP contribution >= 0.6 is 0 Å². The minimum absolute atomic E-state index is 0.0502. The number of nitrogen functional groups attached to an aromatic ring is 1. The van der Waals surface area contributed by atoms with E-state index in [0.717, 1.165) is 33.2 Å². The predicted octanol–water partition coefficient (Wildman–Crippen LogP) is 4.50. The molecule has 4 heteroatoms. The highest BCUT2D eigenvalue weighted by Gasteiger charge is 2.33. The molecule has 0 saturated carbocycles. The molecule has 0 bridgehead atoms. The number of benzene rings is 3. The Labute approximate surface area is 144 Å². The molecule has 1 unspecified atom stereocenters. The van der Waals surface area contributed by atoms with Crippen LogP contribution < -0.4 is 10.5 Å². The minimum atomic E-state index is -0.0502. The van der Waals surface area contributed by atoms with Gasteiger partial charge in [0.15, 0.2) is 0 Å². The smallest absolute Gasteiger partial charge is 0.228 e. The van der Waals surface area contributed by atoms with Crippen LogP contribution in [0.4, 0.5) is 5.82 Å². The standard InChI is InChI=1S/C21H15N3O/c22-20-18-17(14-7-2-1-3-8-14)16-11-10-13-6-4-5-9-15(13)19(16)25-21(18)24-12-23-20/h1-12,17H,(H2,22,23,24). The molecule has 0 aliphatic carbocycles. The Bertz CT molecular complexity index is 1090. The maximum absolute atomic E-state index is 6.21. The van der Waals surface area contributed by atoms with Crippen molar-refractivity contribution in [2.45, 2.75) is 5.92 Å². The van der Waals surface area contributed by atoms with Crippen LogP contribution in [0.2, 0.25) is 0 Å². The van der Waals surface area contributed by atoms with Crippen molar-refractivity contribution in [3.05, 3.63) is 89.7 Å². The Morgan fingerprint density at radius 2 is 1.64 bits per heavy atom. The lowest BCUT2D eigenvalue weighted by molar-refractivity contribution is 0.438. The van der Waals surface area contributed by atoms with E-state index in [2.05, 4.69) is 46.4 Å². The second kappa shape index (κ2) is 5.31. The molecule has 1 aliphatic heterocycles. The molecule has 5 rings (SSSR count). The first-order chi connectivity index (χ1) is 12.3. The van der Waals surface area contributed by atoms with Gasteiger partial charge in [-0.25, -0.2) is 9.97 Å². The maximum atomic E-state index is 6.21. The lowest BCUT2D eigenvalue weighted by atomic mass is 9.82. The lowest BCUT2D eigenvalue weighted by Crippen LogP contribution is -2.16. The zero-order chi connectivity index (χ0) is 16.8. The third-order valence-electron chi connectivity index (χ3n) is 4.72. The highest BCUT2D eigenvalue weighted by atomic mass is 16.5. The molecule has 4 aromatic rings. The molecule has 0 radical (unpaired) electrons. The summed E-state index contributed by atoms with van der Waals surface area (Å²) in [5.74, 6) is 1.78. The number of aromatic nitrogens is 2. The fraction of sp³-hybridized carbons (Fsp3) is 0.0476. The zero-order valence-electron chi connectivity index (χ0n) is 13.4. The molecule has 4 nitrogen and oxygen atoms in total. The van der Waals surface area contributed by atoms with E-state index in [0.29, 0.717) is 11.7 Å². The van der Waals surface area contributed by atoms with Gasteiger partial charge in [0.25, 0.3) is 0 Å². The zero-order valence-corrected chi connectivity index (χ0v) is 13.4. The number of nitrogens with zero attached hydrogens (tertiary/aromatic N) is 2. The van der Waals surface area contributed by atoms with Crippen LogP contribution in [0.25, 0.3) is 10.8 Å². The molecule has 2 heterocycles. The van der Waals surface area contributed by atoms with E-state index in [1.54, 1.807) is 0 Å². The molecule has 0 saturated heterocycles. The molecule has 0 fully saturated rings. The molecule has 0 amide bonds. The third-order valence-corrected chi connectivity index (χ3v) is 4.72. The molecule has 120 valence electrons. The first kappa shape index (κ1) is 14.0. The van der Waals surface area contributed by atoms with Crippen molar-refractivity contribution in [1.29, 1.82) is 0 Å². The quantitative estimate of drug-likeness (QED) is 0.493. The van der Waals surface area contributed by atoms with Crippen molar-refractivity contribution in [2.24, 2.45) is 0 Å². The molecule has 1 aliphatic rings. The van der Waals surface area contributed by atoms with Crippen molar-refractivity contribution in [2.75, 3.05) is 5.73 Å². The Hall–Kier alpha value is -3.40. The fourth-order valence-corrected chi connectivity index (χ4v) is 3.59. The monoisotopic (exact) mass is 325 g/mol. The van der Waals surface area contributed by atoms with E-state index < -0.39 is 0 Å². The summed E-state index contributed by atoms with van der Waals surface area (Å²) in [5, 5.41) is 2.21. The Kier molecular flexibility index (Phi) is 2.97. The number of rotatable bonds is 1.